The van der Waals surface area contributed by atoms with Crippen molar-refractivity contribution in [2.75, 3.05) is 0 Å². The smallest absolute Gasteiger partial charge is 0.259 e. The van der Waals surface area contributed by atoms with Gasteiger partial charge in [-0.1, -0.05) is 0 Å². The summed E-state index contributed by atoms with van der Waals surface area (Å²) in [5.74, 6) is 0. The molecule has 0 saturated carbocycles. The molecule has 0 aromatic heterocycles. The van der Waals surface area contributed by atoms with Crippen molar-refractivity contribution in [3.8, 4) is 0 Å². The van der Waals surface area contributed by atoms with Gasteiger partial charge in [0.2, 0.25) is 0 Å². The zero-order valence-electron chi connectivity index (χ0n) is 6.94. The minimum atomic E-state index is -0.647. The van der Waals surface area contributed by atoms with Gasteiger partial charge in [-0.2, -0.15) is 0 Å². The lowest BCUT2D eigenvalue weighted by molar-refractivity contribution is 0.0291. The predicted octanol–water partition coefficient (Wildman–Crippen LogP) is 0.863. The first-order valence-corrected chi connectivity index (χ1v) is 4.31. The highest BCUT2D eigenvalue weighted by Gasteiger charge is 2.27. The average Bonchev–Trinajstić information content (AvgIpc) is 1.60. The molecule has 0 spiro atoms. The summed E-state index contributed by atoms with van der Waals surface area (Å²) in [6.07, 6.45) is 0.636. The van der Waals surface area contributed by atoms with Crippen molar-refractivity contribution in [1.82, 2.24) is 0 Å². The van der Waals surface area contributed by atoms with E-state index >= 15 is 0 Å². The lowest BCUT2D eigenvalue weighted by atomic mass is 10.0. The second kappa shape index (κ2) is 3.41. The second-order valence-electron chi connectivity index (χ2n) is 3.30. The molecule has 0 heterocycles. The summed E-state index contributed by atoms with van der Waals surface area (Å²) >= 11 is 2.18. The average molecular weight is 256 g/mol. The van der Waals surface area contributed by atoms with Gasteiger partial charge in [0.25, 0.3) is 8.05 Å². The van der Waals surface area contributed by atoms with E-state index in [1.165, 1.54) is 0 Å². The van der Waals surface area contributed by atoms with Crippen LogP contribution in [-0.2, 0) is 4.65 Å². The fourth-order valence-corrected chi connectivity index (χ4v) is 1.78. The maximum absolute atomic E-state index is 9.40. The van der Waals surface area contributed by atoms with E-state index in [1.54, 1.807) is 21.9 Å². The standard InChI is InChI=1S/C6H14BIO2/c1-5(2,9)4-6(3,8)10-7/h9H,4,7H2,1-3H3. The Kier molecular flexibility index (Phi) is 3.65. The summed E-state index contributed by atoms with van der Waals surface area (Å²) in [5, 5.41) is 9.40. The Labute approximate surface area is 76.9 Å². The minimum Gasteiger partial charge on any atom is -0.431 e. The van der Waals surface area contributed by atoms with Crippen molar-refractivity contribution in [2.45, 2.75) is 36.4 Å². The van der Waals surface area contributed by atoms with Crippen LogP contribution in [0.5, 0.6) is 0 Å². The zero-order valence-corrected chi connectivity index (χ0v) is 9.10. The number of aliphatic hydroxyl groups is 1. The number of alkyl halides is 1. The van der Waals surface area contributed by atoms with E-state index in [1.807, 2.05) is 6.92 Å². The van der Waals surface area contributed by atoms with E-state index < -0.39 is 5.60 Å². The van der Waals surface area contributed by atoms with Crippen molar-refractivity contribution in [3.63, 3.8) is 0 Å². The van der Waals surface area contributed by atoms with Gasteiger partial charge in [-0.05, 0) is 43.4 Å². The van der Waals surface area contributed by atoms with Gasteiger partial charge < -0.3 is 9.76 Å². The Morgan fingerprint density at radius 2 is 1.90 bits per heavy atom. The molecule has 0 aliphatic heterocycles. The monoisotopic (exact) mass is 256 g/mol. The van der Waals surface area contributed by atoms with Gasteiger partial charge in [0.1, 0.15) is 3.61 Å². The number of hydrogen-bond donors (Lipinski definition) is 1. The predicted molar refractivity (Wildman–Crippen MR) is 53.0 cm³/mol. The molecule has 0 amide bonds. The van der Waals surface area contributed by atoms with Gasteiger partial charge in [-0.15, -0.1) is 0 Å². The van der Waals surface area contributed by atoms with E-state index in [0.29, 0.717) is 6.42 Å². The molecule has 0 radical (unpaired) electrons. The molecule has 0 rings (SSSR count). The molecule has 0 bridgehead atoms. The van der Waals surface area contributed by atoms with Crippen molar-refractivity contribution < 1.29 is 9.76 Å². The lowest BCUT2D eigenvalue weighted by Crippen LogP contribution is -2.32. The van der Waals surface area contributed by atoms with Crippen molar-refractivity contribution >= 4 is 30.6 Å². The zero-order chi connectivity index (χ0) is 8.41. The first kappa shape index (κ1) is 10.7. The molecule has 4 heteroatoms. The third-order valence-electron chi connectivity index (χ3n) is 1.17. The molecule has 1 atom stereocenters. The fourth-order valence-electron chi connectivity index (χ4n) is 0.845. The van der Waals surface area contributed by atoms with Gasteiger partial charge in [0.05, 0.1) is 5.60 Å². The lowest BCUT2D eigenvalue weighted by Gasteiger charge is -2.28. The molecular weight excluding hydrogens is 242 g/mol. The van der Waals surface area contributed by atoms with Crippen LogP contribution in [0, 0.1) is 0 Å². The van der Waals surface area contributed by atoms with Crippen molar-refractivity contribution in [1.29, 1.82) is 0 Å². The van der Waals surface area contributed by atoms with Gasteiger partial charge in [0, 0.05) is 6.42 Å². The maximum atomic E-state index is 9.40. The number of hydrogen-bond acceptors (Lipinski definition) is 2. The van der Waals surface area contributed by atoms with Gasteiger partial charge in [-0.3, -0.25) is 0 Å². The van der Waals surface area contributed by atoms with Crippen LogP contribution < -0.4 is 0 Å². The van der Waals surface area contributed by atoms with Gasteiger partial charge >= 0.3 is 0 Å². The second-order valence-corrected chi connectivity index (χ2v) is 5.58. The quantitative estimate of drug-likeness (QED) is 0.461. The van der Waals surface area contributed by atoms with Crippen LogP contribution in [0.2, 0.25) is 0 Å². The van der Waals surface area contributed by atoms with Crippen molar-refractivity contribution in [3.05, 3.63) is 0 Å². The van der Waals surface area contributed by atoms with Gasteiger partial charge in [-0.25, -0.2) is 0 Å². The summed E-state index contributed by atoms with van der Waals surface area (Å²) in [5.41, 5.74) is -0.647. The summed E-state index contributed by atoms with van der Waals surface area (Å²) < 4.78 is 4.89. The largest absolute Gasteiger partial charge is 0.431 e. The Bertz CT molecular complexity index is 109. The third-order valence-corrected chi connectivity index (χ3v) is 2.00. The Morgan fingerprint density at radius 3 is 2.00 bits per heavy atom. The summed E-state index contributed by atoms with van der Waals surface area (Å²) in [6.45, 7) is 5.51. The van der Waals surface area contributed by atoms with Crippen LogP contribution >= 0.6 is 22.6 Å². The molecule has 0 aliphatic rings. The van der Waals surface area contributed by atoms with E-state index in [0.717, 1.165) is 0 Å². The molecule has 2 nitrogen and oxygen atoms in total. The molecule has 0 saturated heterocycles. The Hall–Kier alpha value is 0.715. The Morgan fingerprint density at radius 1 is 1.50 bits per heavy atom. The summed E-state index contributed by atoms with van der Waals surface area (Å²) in [7, 11) is 1.65. The van der Waals surface area contributed by atoms with Crippen LogP contribution in [0.25, 0.3) is 0 Å². The molecule has 10 heavy (non-hydrogen) atoms. The van der Waals surface area contributed by atoms with Crippen molar-refractivity contribution in [2.24, 2.45) is 0 Å². The SMILES string of the molecule is BOC(C)(I)CC(C)(C)O. The van der Waals surface area contributed by atoms with E-state index in [9.17, 15) is 5.11 Å². The highest BCUT2D eigenvalue weighted by molar-refractivity contribution is 14.1. The topological polar surface area (TPSA) is 29.5 Å². The first-order chi connectivity index (χ1) is 4.27. The van der Waals surface area contributed by atoms with Crippen LogP contribution in [0.1, 0.15) is 27.2 Å². The molecular formula is C6H14BIO2. The minimum absolute atomic E-state index is 0.254. The third kappa shape index (κ3) is 5.50. The molecule has 0 aromatic carbocycles. The fraction of sp³-hybridized carbons (Fsp3) is 1.00. The van der Waals surface area contributed by atoms with E-state index in [2.05, 4.69) is 22.6 Å². The number of rotatable bonds is 3. The van der Waals surface area contributed by atoms with E-state index in [-0.39, 0.29) is 3.61 Å². The molecule has 0 aliphatic carbocycles. The van der Waals surface area contributed by atoms with E-state index in [4.69, 9.17) is 4.65 Å². The summed E-state index contributed by atoms with van der Waals surface area (Å²) in [4.78, 5) is 0. The van der Waals surface area contributed by atoms with Crippen LogP contribution in [0.3, 0.4) is 0 Å². The van der Waals surface area contributed by atoms with Crippen LogP contribution in [0.15, 0.2) is 0 Å². The highest BCUT2D eigenvalue weighted by atomic mass is 127. The molecule has 0 fully saturated rings. The molecule has 1 unspecified atom stereocenters. The van der Waals surface area contributed by atoms with Gasteiger partial charge in [0.15, 0.2) is 0 Å². The van der Waals surface area contributed by atoms with Crippen LogP contribution in [0.4, 0.5) is 0 Å². The molecule has 1 N–H and O–H groups in total. The van der Waals surface area contributed by atoms with Crippen LogP contribution in [-0.4, -0.2) is 22.4 Å². The number of halogens is 1. The maximum Gasteiger partial charge on any atom is 0.259 e. The first-order valence-electron chi connectivity index (χ1n) is 3.23. The highest BCUT2D eigenvalue weighted by Crippen LogP contribution is 2.28. The normalized spacial score (nSPS) is 18.5. The Balaban J connectivity index is 3.89. The molecule has 0 aromatic rings. The molecule has 60 valence electrons. The summed E-state index contributed by atoms with van der Waals surface area (Å²) in [6, 6.07) is 0.